The van der Waals surface area contributed by atoms with E-state index in [-0.39, 0.29) is 17.7 Å². The first-order valence-corrected chi connectivity index (χ1v) is 10.8. The summed E-state index contributed by atoms with van der Waals surface area (Å²) in [7, 11) is 0. The van der Waals surface area contributed by atoms with Crippen LogP contribution in [0.4, 0.5) is 0 Å². The van der Waals surface area contributed by atoms with Gasteiger partial charge in [0.05, 0.1) is 6.42 Å². The van der Waals surface area contributed by atoms with Crippen LogP contribution in [0, 0.1) is 5.92 Å². The second kappa shape index (κ2) is 7.94. The van der Waals surface area contributed by atoms with Crippen LogP contribution in [0.2, 0.25) is 0 Å². The highest BCUT2D eigenvalue weighted by molar-refractivity contribution is 5.90. The van der Waals surface area contributed by atoms with E-state index in [4.69, 9.17) is 0 Å². The average molecular weight is 399 g/mol. The third kappa shape index (κ3) is 3.70. The van der Waals surface area contributed by atoms with Crippen LogP contribution < -0.4 is 0 Å². The molecule has 0 aromatic heterocycles. The molecule has 1 aliphatic heterocycles. The predicted octanol–water partition coefficient (Wildman–Crippen LogP) is 3.86. The Balaban J connectivity index is 1.17. The van der Waals surface area contributed by atoms with Crippen molar-refractivity contribution in [2.24, 2.45) is 5.92 Å². The first-order valence-electron chi connectivity index (χ1n) is 10.8. The fourth-order valence-electron chi connectivity index (χ4n) is 4.67. The minimum absolute atomic E-state index is 0.116. The molecule has 1 saturated carbocycles. The van der Waals surface area contributed by atoms with Crippen molar-refractivity contribution in [3.05, 3.63) is 83.9 Å². The second-order valence-electron chi connectivity index (χ2n) is 8.38. The van der Waals surface area contributed by atoms with Gasteiger partial charge < -0.3 is 9.80 Å². The number of hydrogen-bond donors (Lipinski definition) is 0. The molecule has 2 amide bonds. The Bertz CT molecular complexity index is 1070. The van der Waals surface area contributed by atoms with Crippen LogP contribution in [0.5, 0.6) is 0 Å². The van der Waals surface area contributed by atoms with E-state index in [2.05, 4.69) is 30.3 Å². The molecule has 2 atom stereocenters. The lowest BCUT2D eigenvalue weighted by Gasteiger charge is -2.35. The van der Waals surface area contributed by atoms with Crippen molar-refractivity contribution in [3.63, 3.8) is 0 Å². The molecular weight excluding hydrogens is 372 g/mol. The molecule has 2 aliphatic rings. The van der Waals surface area contributed by atoms with Gasteiger partial charge in [0, 0.05) is 32.1 Å². The van der Waals surface area contributed by atoms with Crippen molar-refractivity contribution in [2.75, 3.05) is 26.2 Å². The lowest BCUT2D eigenvalue weighted by Crippen LogP contribution is -2.51. The maximum Gasteiger partial charge on any atom is 0.227 e. The number of amides is 2. The molecule has 2 fully saturated rings. The quantitative estimate of drug-likeness (QED) is 0.670. The molecule has 0 N–H and O–H groups in total. The van der Waals surface area contributed by atoms with Crippen LogP contribution in [0.1, 0.15) is 23.5 Å². The topological polar surface area (TPSA) is 40.6 Å². The number of nitrogens with zero attached hydrogens (tertiary/aromatic N) is 2. The Morgan fingerprint density at radius 1 is 0.767 bits per heavy atom. The van der Waals surface area contributed by atoms with Crippen LogP contribution >= 0.6 is 0 Å². The first-order chi connectivity index (χ1) is 14.7. The van der Waals surface area contributed by atoms with E-state index in [1.165, 1.54) is 5.56 Å². The summed E-state index contributed by atoms with van der Waals surface area (Å²) in [6, 6.07) is 24.6. The van der Waals surface area contributed by atoms with Crippen LogP contribution in [-0.2, 0) is 16.0 Å². The number of benzene rings is 3. The molecule has 5 rings (SSSR count). The highest BCUT2D eigenvalue weighted by Crippen LogP contribution is 2.48. The van der Waals surface area contributed by atoms with Gasteiger partial charge in [-0.25, -0.2) is 0 Å². The zero-order chi connectivity index (χ0) is 20.5. The normalized spacial score (nSPS) is 20.9. The molecule has 0 spiro atoms. The smallest absolute Gasteiger partial charge is 0.227 e. The third-order valence-electron chi connectivity index (χ3n) is 6.50. The summed E-state index contributed by atoms with van der Waals surface area (Å²) in [6.45, 7) is 2.52. The van der Waals surface area contributed by atoms with Gasteiger partial charge in [-0.1, -0.05) is 72.8 Å². The highest BCUT2D eigenvalue weighted by atomic mass is 16.2. The lowest BCUT2D eigenvalue weighted by molar-refractivity contribution is -0.140. The monoisotopic (exact) mass is 398 g/mol. The van der Waals surface area contributed by atoms with Gasteiger partial charge in [-0.2, -0.15) is 0 Å². The third-order valence-corrected chi connectivity index (χ3v) is 6.50. The largest absolute Gasteiger partial charge is 0.339 e. The number of carbonyl (C=O) groups is 2. The fraction of sp³-hybridized carbons (Fsp3) is 0.308. The molecule has 4 nitrogen and oxygen atoms in total. The maximum atomic E-state index is 12.9. The Morgan fingerprint density at radius 3 is 2.23 bits per heavy atom. The summed E-state index contributed by atoms with van der Waals surface area (Å²) >= 11 is 0. The van der Waals surface area contributed by atoms with Crippen molar-refractivity contribution in [1.29, 1.82) is 0 Å². The molecule has 1 heterocycles. The minimum Gasteiger partial charge on any atom is -0.339 e. The van der Waals surface area contributed by atoms with E-state index in [1.54, 1.807) is 0 Å². The molecule has 0 bridgehead atoms. The van der Waals surface area contributed by atoms with Gasteiger partial charge in [-0.15, -0.1) is 0 Å². The van der Waals surface area contributed by atoms with E-state index in [1.807, 2.05) is 52.3 Å². The van der Waals surface area contributed by atoms with E-state index in [0.717, 1.165) is 22.8 Å². The van der Waals surface area contributed by atoms with Crippen molar-refractivity contribution in [3.8, 4) is 0 Å². The molecule has 3 aromatic carbocycles. The van der Waals surface area contributed by atoms with Gasteiger partial charge in [-0.05, 0) is 34.2 Å². The average Bonchev–Trinajstić information content (AvgIpc) is 3.61. The molecule has 152 valence electrons. The molecule has 0 radical (unpaired) electrons. The Labute approximate surface area is 177 Å². The summed E-state index contributed by atoms with van der Waals surface area (Å²) in [5.41, 5.74) is 2.33. The number of carbonyl (C=O) groups excluding carboxylic acids is 2. The van der Waals surface area contributed by atoms with Gasteiger partial charge >= 0.3 is 0 Å². The van der Waals surface area contributed by atoms with E-state index in [0.29, 0.717) is 38.5 Å². The Kier molecular flexibility index (Phi) is 4.99. The Morgan fingerprint density at radius 2 is 1.43 bits per heavy atom. The van der Waals surface area contributed by atoms with Crippen LogP contribution in [-0.4, -0.2) is 47.8 Å². The van der Waals surface area contributed by atoms with Gasteiger partial charge in [-0.3, -0.25) is 9.59 Å². The predicted molar refractivity (Wildman–Crippen MR) is 118 cm³/mol. The fourth-order valence-corrected chi connectivity index (χ4v) is 4.67. The molecular formula is C26H26N2O2. The molecule has 1 aliphatic carbocycles. The maximum absolute atomic E-state index is 12.9. The zero-order valence-corrected chi connectivity index (χ0v) is 17.0. The van der Waals surface area contributed by atoms with Crippen LogP contribution in [0.3, 0.4) is 0 Å². The van der Waals surface area contributed by atoms with E-state index >= 15 is 0 Å². The second-order valence-corrected chi connectivity index (χ2v) is 8.38. The Hall–Kier alpha value is -3.14. The van der Waals surface area contributed by atoms with Crippen LogP contribution in [0.25, 0.3) is 10.8 Å². The molecule has 1 saturated heterocycles. The first kappa shape index (κ1) is 18.9. The lowest BCUT2D eigenvalue weighted by atomic mass is 10.0. The molecule has 30 heavy (non-hydrogen) atoms. The van der Waals surface area contributed by atoms with Crippen molar-refractivity contribution < 1.29 is 9.59 Å². The number of rotatable bonds is 4. The highest BCUT2D eigenvalue weighted by Gasteiger charge is 2.46. The van der Waals surface area contributed by atoms with Crippen molar-refractivity contribution in [2.45, 2.75) is 18.8 Å². The van der Waals surface area contributed by atoms with Crippen molar-refractivity contribution in [1.82, 2.24) is 9.80 Å². The minimum atomic E-state index is 0.116. The van der Waals surface area contributed by atoms with Crippen LogP contribution in [0.15, 0.2) is 72.8 Å². The number of fused-ring (bicyclic) bond motifs is 1. The summed E-state index contributed by atoms with van der Waals surface area (Å²) in [4.78, 5) is 29.6. The summed E-state index contributed by atoms with van der Waals surface area (Å²) in [6.07, 6.45) is 1.36. The molecule has 4 heteroatoms. The summed E-state index contributed by atoms with van der Waals surface area (Å²) in [5.74, 6) is 0.882. The number of piperazine rings is 1. The SMILES string of the molecule is O=C(Cc1cccc2ccccc12)N1CCN(C(=O)C2CC2c2ccccc2)CC1. The zero-order valence-electron chi connectivity index (χ0n) is 17.0. The molecule has 3 aromatic rings. The van der Waals surface area contributed by atoms with Gasteiger partial charge in [0.1, 0.15) is 0 Å². The summed E-state index contributed by atoms with van der Waals surface area (Å²) < 4.78 is 0. The molecule has 2 unspecified atom stereocenters. The van der Waals surface area contributed by atoms with E-state index < -0.39 is 0 Å². The van der Waals surface area contributed by atoms with Gasteiger partial charge in [0.2, 0.25) is 11.8 Å². The van der Waals surface area contributed by atoms with E-state index in [9.17, 15) is 9.59 Å². The summed E-state index contributed by atoms with van der Waals surface area (Å²) in [5, 5.41) is 2.30. The van der Waals surface area contributed by atoms with Gasteiger partial charge in [0.15, 0.2) is 0 Å². The van der Waals surface area contributed by atoms with Crippen molar-refractivity contribution >= 4 is 22.6 Å². The number of hydrogen-bond acceptors (Lipinski definition) is 2. The van der Waals surface area contributed by atoms with Gasteiger partial charge in [0.25, 0.3) is 0 Å². The standard InChI is InChI=1S/C26H26N2O2/c29-25(17-21-11-6-10-19-9-4-5-12-22(19)21)27-13-15-28(16-14-27)26(30)24-18-23(24)20-7-2-1-3-8-20/h1-12,23-24H,13-18H2.